The van der Waals surface area contributed by atoms with Crippen molar-refractivity contribution in [2.75, 3.05) is 19.0 Å². The Labute approximate surface area is 279 Å². The molecule has 0 spiro atoms. The molecular formula is C37H41N3O8. The van der Waals surface area contributed by atoms with E-state index in [1.54, 1.807) is 93.7 Å². The first-order valence-electron chi connectivity index (χ1n) is 16.0. The van der Waals surface area contributed by atoms with Gasteiger partial charge in [-0.05, 0) is 95.0 Å². The van der Waals surface area contributed by atoms with Gasteiger partial charge in [-0.3, -0.25) is 15.1 Å². The number of amides is 2. The molecule has 4 aromatic rings. The van der Waals surface area contributed by atoms with Crippen molar-refractivity contribution in [1.29, 1.82) is 0 Å². The highest BCUT2D eigenvalue weighted by molar-refractivity contribution is 6.04. The van der Waals surface area contributed by atoms with Crippen LogP contribution in [0.4, 0.5) is 10.5 Å². The molecule has 11 heteroatoms. The number of pyridine rings is 1. The number of alkyl carbamates (subject to hydrolysis) is 1. The molecule has 1 fully saturated rings. The van der Waals surface area contributed by atoms with Gasteiger partial charge >= 0.3 is 12.1 Å². The SMILES string of the molecule is COc1cc2cccnc2cc1OC(CCOc1ccc(NC(=O)c2ccccc2)cc1)(NC(=O)OC(C)(C)C)C(=O)OC1CCCC1. The summed E-state index contributed by atoms with van der Waals surface area (Å²) in [5.41, 5.74) is -1.21. The van der Waals surface area contributed by atoms with Crippen LogP contribution >= 0.6 is 0 Å². The fraction of sp³-hybridized carbons (Fsp3) is 0.351. The van der Waals surface area contributed by atoms with E-state index < -0.39 is 23.4 Å². The summed E-state index contributed by atoms with van der Waals surface area (Å²) in [4.78, 5) is 44.4. The molecular weight excluding hydrogens is 614 g/mol. The summed E-state index contributed by atoms with van der Waals surface area (Å²) in [7, 11) is 1.49. The number of hydrogen-bond acceptors (Lipinski definition) is 9. The molecule has 1 aromatic heterocycles. The highest BCUT2D eigenvalue weighted by Gasteiger charge is 2.47. The number of nitrogens with zero attached hydrogens (tertiary/aromatic N) is 1. The standard InChI is InChI=1S/C37H41N3O8/c1-36(2,3)48-35(43)40-37(34(42)46-29-14-8-9-15-29,47-32-24-30-26(13-10-21-38-30)23-31(32)44-4)20-22-45-28-18-16-27(17-19-28)39-33(41)25-11-6-5-7-12-25/h5-7,10-13,16-19,21,23-24,29H,8-9,14-15,20,22H2,1-4H3,(H,39,41)(H,40,43). The fourth-order valence-corrected chi connectivity index (χ4v) is 5.30. The molecule has 3 aromatic carbocycles. The number of carbonyl (C=O) groups is 3. The predicted octanol–water partition coefficient (Wildman–Crippen LogP) is 7.05. The van der Waals surface area contributed by atoms with Crippen molar-refractivity contribution in [3.05, 3.63) is 90.6 Å². The van der Waals surface area contributed by atoms with Crippen molar-refractivity contribution in [3.63, 3.8) is 0 Å². The van der Waals surface area contributed by atoms with E-state index in [1.807, 2.05) is 12.1 Å². The van der Waals surface area contributed by atoms with Gasteiger partial charge in [0, 0.05) is 28.9 Å². The minimum Gasteiger partial charge on any atom is -0.493 e. The molecule has 0 radical (unpaired) electrons. The van der Waals surface area contributed by atoms with Gasteiger partial charge in [-0.15, -0.1) is 0 Å². The molecule has 2 amide bonds. The van der Waals surface area contributed by atoms with Crippen molar-refractivity contribution in [3.8, 4) is 17.2 Å². The number of hydrogen-bond donors (Lipinski definition) is 2. The Morgan fingerprint density at radius 3 is 2.31 bits per heavy atom. The second-order valence-electron chi connectivity index (χ2n) is 12.5. The maximum absolute atomic E-state index is 14.1. The Hall–Kier alpha value is -5.32. The number of anilines is 1. The molecule has 1 heterocycles. The van der Waals surface area contributed by atoms with E-state index in [-0.39, 0.29) is 30.8 Å². The number of benzene rings is 3. The number of carbonyl (C=O) groups excluding carboxylic acids is 3. The van der Waals surface area contributed by atoms with E-state index in [1.165, 1.54) is 7.11 Å². The lowest BCUT2D eigenvalue weighted by Gasteiger charge is -2.34. The lowest BCUT2D eigenvalue weighted by Crippen LogP contribution is -2.61. The van der Waals surface area contributed by atoms with Crippen LogP contribution in [0.25, 0.3) is 10.9 Å². The molecule has 1 unspecified atom stereocenters. The molecule has 1 atom stereocenters. The maximum atomic E-state index is 14.1. The summed E-state index contributed by atoms with van der Waals surface area (Å²) < 4.78 is 29.6. The van der Waals surface area contributed by atoms with E-state index in [0.29, 0.717) is 41.1 Å². The lowest BCUT2D eigenvalue weighted by atomic mass is 10.1. The van der Waals surface area contributed by atoms with Crippen LogP contribution in [0.15, 0.2) is 85.1 Å². The summed E-state index contributed by atoms with van der Waals surface area (Å²) in [6.45, 7) is 5.09. The number of aromatic nitrogens is 1. The van der Waals surface area contributed by atoms with Crippen LogP contribution in [0.2, 0.25) is 0 Å². The van der Waals surface area contributed by atoms with Crippen LogP contribution in [-0.2, 0) is 14.3 Å². The molecule has 0 aliphatic heterocycles. The monoisotopic (exact) mass is 655 g/mol. The van der Waals surface area contributed by atoms with Crippen LogP contribution in [-0.4, -0.2) is 54.1 Å². The van der Waals surface area contributed by atoms with Crippen molar-refractivity contribution in [1.82, 2.24) is 10.3 Å². The number of ether oxygens (including phenoxy) is 5. The number of rotatable bonds is 12. The van der Waals surface area contributed by atoms with E-state index in [9.17, 15) is 14.4 Å². The van der Waals surface area contributed by atoms with E-state index in [4.69, 9.17) is 23.7 Å². The Morgan fingerprint density at radius 1 is 0.896 bits per heavy atom. The minimum atomic E-state index is -2.07. The van der Waals surface area contributed by atoms with Crippen LogP contribution in [0.5, 0.6) is 17.2 Å². The second-order valence-corrected chi connectivity index (χ2v) is 12.5. The van der Waals surface area contributed by atoms with Gasteiger partial charge in [-0.25, -0.2) is 9.59 Å². The van der Waals surface area contributed by atoms with Gasteiger partial charge in [0.1, 0.15) is 17.5 Å². The smallest absolute Gasteiger partial charge is 0.411 e. The van der Waals surface area contributed by atoms with Gasteiger partial charge < -0.3 is 29.0 Å². The largest absolute Gasteiger partial charge is 0.493 e. The Kier molecular flexibility index (Phi) is 10.7. The minimum absolute atomic E-state index is 0.0700. The third kappa shape index (κ3) is 8.93. The zero-order chi connectivity index (χ0) is 34.1. The number of nitrogens with one attached hydrogen (secondary N) is 2. The van der Waals surface area contributed by atoms with Crippen LogP contribution in [0.3, 0.4) is 0 Å². The van der Waals surface area contributed by atoms with Crippen molar-refractivity contribution in [2.24, 2.45) is 0 Å². The highest BCUT2D eigenvalue weighted by Crippen LogP contribution is 2.36. The number of methoxy groups -OCH3 is 1. The Morgan fingerprint density at radius 2 is 1.62 bits per heavy atom. The van der Waals surface area contributed by atoms with Gasteiger partial charge in [0.15, 0.2) is 11.5 Å². The summed E-state index contributed by atoms with van der Waals surface area (Å²) in [6.07, 6.45) is 3.57. The average molecular weight is 656 g/mol. The summed E-state index contributed by atoms with van der Waals surface area (Å²) >= 11 is 0. The van der Waals surface area contributed by atoms with Crippen molar-refractivity contribution >= 4 is 34.6 Å². The topological polar surface area (TPSA) is 134 Å². The van der Waals surface area contributed by atoms with Crippen LogP contribution in [0.1, 0.15) is 63.2 Å². The molecule has 1 saturated carbocycles. The Balaban J connectivity index is 1.41. The molecule has 11 nitrogen and oxygen atoms in total. The number of esters is 1. The molecule has 0 saturated heterocycles. The van der Waals surface area contributed by atoms with Gasteiger partial charge in [0.2, 0.25) is 0 Å². The van der Waals surface area contributed by atoms with Crippen LogP contribution in [0, 0.1) is 0 Å². The van der Waals surface area contributed by atoms with Crippen molar-refractivity contribution < 1.29 is 38.1 Å². The normalized spacial score (nSPS) is 14.4. The first-order chi connectivity index (χ1) is 23.0. The van der Waals surface area contributed by atoms with Gasteiger partial charge in [0.25, 0.3) is 11.6 Å². The molecule has 0 bridgehead atoms. The Bertz CT molecular complexity index is 1720. The lowest BCUT2D eigenvalue weighted by molar-refractivity contribution is -0.172. The van der Waals surface area contributed by atoms with Crippen molar-refractivity contribution in [2.45, 2.75) is 70.3 Å². The average Bonchev–Trinajstić information content (AvgIpc) is 3.57. The first-order valence-corrected chi connectivity index (χ1v) is 16.0. The summed E-state index contributed by atoms with van der Waals surface area (Å²) in [6, 6.07) is 22.8. The predicted molar refractivity (Wildman–Crippen MR) is 180 cm³/mol. The quantitative estimate of drug-likeness (QED) is 0.122. The maximum Gasteiger partial charge on any atom is 0.411 e. The van der Waals surface area contributed by atoms with E-state index >= 15 is 0 Å². The zero-order valence-corrected chi connectivity index (χ0v) is 27.6. The highest BCUT2D eigenvalue weighted by atomic mass is 16.6. The zero-order valence-electron chi connectivity index (χ0n) is 27.6. The molecule has 252 valence electrons. The molecule has 1 aliphatic carbocycles. The molecule has 1 aliphatic rings. The second kappa shape index (κ2) is 15.1. The summed E-state index contributed by atoms with van der Waals surface area (Å²) in [5.74, 6) is -0.0590. The van der Waals surface area contributed by atoms with Gasteiger partial charge in [-0.2, -0.15) is 0 Å². The number of fused-ring (bicyclic) bond motifs is 1. The van der Waals surface area contributed by atoms with E-state index in [2.05, 4.69) is 15.6 Å². The third-order valence-electron chi connectivity index (χ3n) is 7.65. The first kappa shape index (κ1) is 34.0. The molecule has 2 N–H and O–H groups in total. The van der Waals surface area contributed by atoms with E-state index in [0.717, 1.165) is 18.2 Å². The van der Waals surface area contributed by atoms with Gasteiger partial charge in [0.05, 0.1) is 25.7 Å². The van der Waals surface area contributed by atoms with Crippen LogP contribution < -0.4 is 24.8 Å². The van der Waals surface area contributed by atoms with Gasteiger partial charge in [-0.1, -0.05) is 24.3 Å². The molecule has 48 heavy (non-hydrogen) atoms. The molecule has 5 rings (SSSR count). The summed E-state index contributed by atoms with van der Waals surface area (Å²) in [5, 5.41) is 6.33. The fourth-order valence-electron chi connectivity index (χ4n) is 5.30. The third-order valence-corrected chi connectivity index (χ3v) is 7.65.